The Balaban J connectivity index is 1.59. The smallest absolute Gasteiger partial charge is 0.254 e. The van der Waals surface area contributed by atoms with Crippen LogP contribution in [0.4, 0.5) is 0 Å². The number of hydrogen-bond donors (Lipinski definition) is 1. The lowest BCUT2D eigenvalue weighted by Crippen LogP contribution is -2.59. The SMILES string of the molecule is CC1(C)C(N)=N[C@](C)(C2SC(c3nnc(-c4ccc(C#N)cc4)o3)=CC2Cl)CS1(=O)=O. The topological polar surface area (TPSA) is 135 Å². The second-order valence-electron chi connectivity index (χ2n) is 8.24. The molecule has 0 radical (unpaired) electrons. The minimum atomic E-state index is -3.52. The Morgan fingerprint density at radius 2 is 1.87 bits per heavy atom. The van der Waals surface area contributed by atoms with E-state index >= 15 is 0 Å². The Bertz CT molecular complexity index is 1240. The number of aromatic nitrogens is 2. The van der Waals surface area contributed by atoms with E-state index in [0.29, 0.717) is 21.9 Å². The lowest BCUT2D eigenvalue weighted by atomic mass is 9.96. The maximum atomic E-state index is 12.9. The number of thioether (sulfide) groups is 1. The van der Waals surface area contributed by atoms with Gasteiger partial charge in [-0.25, -0.2) is 8.42 Å². The Labute approximate surface area is 189 Å². The number of amidine groups is 1. The average Bonchev–Trinajstić information content (AvgIpc) is 3.33. The molecule has 0 bridgehead atoms. The maximum absolute atomic E-state index is 12.9. The second kappa shape index (κ2) is 7.36. The quantitative estimate of drug-likeness (QED) is 0.666. The molecule has 1 aromatic heterocycles. The van der Waals surface area contributed by atoms with Gasteiger partial charge in [0, 0.05) is 5.56 Å². The zero-order valence-electron chi connectivity index (χ0n) is 17.0. The second-order valence-corrected chi connectivity index (χ2v) is 12.5. The van der Waals surface area contributed by atoms with Gasteiger partial charge in [-0.2, -0.15) is 5.26 Å². The van der Waals surface area contributed by atoms with Crippen LogP contribution in [-0.2, 0) is 9.84 Å². The van der Waals surface area contributed by atoms with Crippen LogP contribution in [0.1, 0.15) is 32.2 Å². The Kier molecular flexibility index (Phi) is 5.19. The first-order chi connectivity index (χ1) is 14.5. The summed E-state index contributed by atoms with van der Waals surface area (Å²) >= 11 is 7.95. The van der Waals surface area contributed by atoms with Crippen LogP contribution in [0.15, 0.2) is 39.8 Å². The normalized spacial score (nSPS) is 29.1. The molecule has 11 heteroatoms. The summed E-state index contributed by atoms with van der Waals surface area (Å²) in [5.74, 6) is 0.527. The number of aliphatic imine (C=N–C) groups is 1. The van der Waals surface area contributed by atoms with E-state index in [1.54, 1.807) is 51.1 Å². The first-order valence-electron chi connectivity index (χ1n) is 9.42. The molecule has 162 valence electrons. The predicted molar refractivity (Wildman–Crippen MR) is 121 cm³/mol. The Morgan fingerprint density at radius 3 is 2.48 bits per heavy atom. The zero-order valence-corrected chi connectivity index (χ0v) is 19.4. The monoisotopic (exact) mass is 477 g/mol. The van der Waals surface area contributed by atoms with E-state index < -0.39 is 25.5 Å². The predicted octanol–water partition coefficient (Wildman–Crippen LogP) is 2.99. The molecule has 2 aliphatic heterocycles. The molecule has 0 saturated carbocycles. The largest absolute Gasteiger partial charge is 0.416 e. The number of benzene rings is 1. The maximum Gasteiger partial charge on any atom is 0.254 e. The van der Waals surface area contributed by atoms with E-state index in [0.717, 1.165) is 0 Å². The van der Waals surface area contributed by atoms with Crippen LogP contribution < -0.4 is 5.73 Å². The summed E-state index contributed by atoms with van der Waals surface area (Å²) in [6.45, 7) is 4.88. The molecule has 2 aliphatic rings. The van der Waals surface area contributed by atoms with E-state index in [4.69, 9.17) is 27.0 Å². The molecule has 0 aliphatic carbocycles. The fraction of sp³-hybridized carbons (Fsp3) is 0.400. The fourth-order valence-corrected chi connectivity index (χ4v) is 7.25. The van der Waals surface area contributed by atoms with Gasteiger partial charge in [0.1, 0.15) is 10.6 Å². The number of sulfone groups is 1. The molecule has 0 amide bonds. The lowest BCUT2D eigenvalue weighted by Gasteiger charge is -2.41. The molecule has 2 unspecified atom stereocenters. The number of allylic oxidation sites excluding steroid dienone is 1. The first-order valence-corrected chi connectivity index (χ1v) is 12.4. The number of halogens is 1. The molecule has 2 N–H and O–H groups in total. The van der Waals surface area contributed by atoms with Gasteiger partial charge in [0.2, 0.25) is 5.89 Å². The number of hydrogen-bond acceptors (Lipinski definition) is 9. The number of rotatable bonds is 3. The lowest BCUT2D eigenvalue weighted by molar-refractivity contribution is 0.472. The highest BCUT2D eigenvalue weighted by Gasteiger charge is 2.53. The summed E-state index contributed by atoms with van der Waals surface area (Å²) in [5.41, 5.74) is 6.27. The number of nitrogens with zero attached hydrogens (tertiary/aromatic N) is 4. The van der Waals surface area contributed by atoms with Crippen molar-refractivity contribution in [1.82, 2.24) is 10.2 Å². The van der Waals surface area contributed by atoms with Crippen molar-refractivity contribution in [3.05, 3.63) is 41.8 Å². The summed E-state index contributed by atoms with van der Waals surface area (Å²) in [7, 11) is -3.52. The molecular formula is C20H20ClN5O3S2. The van der Waals surface area contributed by atoms with Crippen molar-refractivity contribution in [2.75, 3.05) is 5.75 Å². The molecule has 4 rings (SSSR count). The molecule has 0 fully saturated rings. The van der Waals surface area contributed by atoms with Crippen molar-refractivity contribution >= 4 is 43.9 Å². The van der Waals surface area contributed by atoms with Crippen LogP contribution in [0.3, 0.4) is 0 Å². The molecule has 2 aromatic rings. The third kappa shape index (κ3) is 3.64. The fourth-order valence-electron chi connectivity index (χ4n) is 3.50. The standard InChI is InChI=1S/C20H20ClN5O3S2/c1-19(2)18(23)24-20(3,10-31(19,27)28)15-13(21)8-14(30-15)17-26-25-16(29-17)12-6-4-11(9-22)5-7-12/h4-8,13,15H,10H2,1-3H3,(H2,23,24)/t13?,15?,20-/m0/s1. The van der Waals surface area contributed by atoms with Crippen LogP contribution in [0.5, 0.6) is 0 Å². The Hall–Kier alpha value is -2.35. The van der Waals surface area contributed by atoms with Gasteiger partial charge in [-0.15, -0.1) is 33.6 Å². The summed E-state index contributed by atoms with van der Waals surface area (Å²) in [6.07, 6.45) is 1.77. The third-order valence-electron chi connectivity index (χ3n) is 5.62. The van der Waals surface area contributed by atoms with Crippen molar-refractivity contribution in [1.29, 1.82) is 5.26 Å². The van der Waals surface area contributed by atoms with Crippen molar-refractivity contribution < 1.29 is 12.8 Å². The number of nitriles is 1. The molecule has 1 aromatic carbocycles. The Morgan fingerprint density at radius 1 is 1.23 bits per heavy atom. The first kappa shape index (κ1) is 21.9. The van der Waals surface area contributed by atoms with Crippen LogP contribution >= 0.6 is 23.4 Å². The van der Waals surface area contributed by atoms with Gasteiger partial charge in [-0.1, -0.05) is 0 Å². The van der Waals surface area contributed by atoms with Crippen LogP contribution in [-0.4, -0.2) is 51.1 Å². The minimum Gasteiger partial charge on any atom is -0.416 e. The number of alkyl halides is 1. The molecule has 3 atom stereocenters. The number of nitrogens with two attached hydrogens (primary N) is 1. The van der Waals surface area contributed by atoms with Crippen molar-refractivity contribution in [2.45, 2.75) is 41.7 Å². The average molecular weight is 478 g/mol. The molecule has 3 heterocycles. The van der Waals surface area contributed by atoms with Gasteiger partial charge in [0.25, 0.3) is 5.89 Å². The van der Waals surface area contributed by atoms with E-state index in [-0.39, 0.29) is 22.7 Å². The highest BCUT2D eigenvalue weighted by Crippen LogP contribution is 2.49. The van der Waals surface area contributed by atoms with Crippen LogP contribution in [0.2, 0.25) is 0 Å². The van der Waals surface area contributed by atoms with Crippen molar-refractivity contribution in [3.63, 3.8) is 0 Å². The summed E-state index contributed by atoms with van der Waals surface area (Å²) < 4.78 is 30.3. The van der Waals surface area contributed by atoms with Gasteiger partial charge < -0.3 is 10.2 Å². The van der Waals surface area contributed by atoms with Crippen LogP contribution in [0, 0.1) is 11.3 Å². The van der Waals surface area contributed by atoms with E-state index in [2.05, 4.69) is 21.3 Å². The molecule has 8 nitrogen and oxygen atoms in total. The van der Waals surface area contributed by atoms with E-state index in [1.165, 1.54) is 11.8 Å². The van der Waals surface area contributed by atoms with Crippen molar-refractivity contribution in [3.8, 4) is 17.5 Å². The van der Waals surface area contributed by atoms with E-state index in [9.17, 15) is 8.42 Å². The molecule has 31 heavy (non-hydrogen) atoms. The van der Waals surface area contributed by atoms with Gasteiger partial charge >= 0.3 is 0 Å². The van der Waals surface area contributed by atoms with Gasteiger partial charge in [0.15, 0.2) is 9.84 Å². The minimum absolute atomic E-state index is 0.0834. The highest BCUT2D eigenvalue weighted by atomic mass is 35.5. The molecule has 0 spiro atoms. The highest BCUT2D eigenvalue weighted by molar-refractivity contribution is 8.09. The van der Waals surface area contributed by atoms with Crippen molar-refractivity contribution in [2.24, 2.45) is 10.7 Å². The zero-order chi connectivity index (χ0) is 22.6. The molecule has 0 saturated heterocycles. The van der Waals surface area contributed by atoms with Gasteiger partial charge in [0.05, 0.1) is 38.5 Å². The van der Waals surface area contributed by atoms with Crippen LogP contribution in [0.25, 0.3) is 16.4 Å². The third-order valence-corrected chi connectivity index (χ3v) is 10.5. The van der Waals surface area contributed by atoms with E-state index in [1.807, 2.05) is 0 Å². The summed E-state index contributed by atoms with van der Waals surface area (Å²) in [6, 6.07) is 8.85. The summed E-state index contributed by atoms with van der Waals surface area (Å²) in [4.78, 5) is 5.24. The summed E-state index contributed by atoms with van der Waals surface area (Å²) in [5, 5.41) is 16.2. The molecular weight excluding hydrogens is 458 g/mol. The van der Waals surface area contributed by atoms with Gasteiger partial charge in [-0.05, 0) is 51.1 Å². The van der Waals surface area contributed by atoms with Gasteiger partial charge in [-0.3, -0.25) is 4.99 Å².